The van der Waals surface area contributed by atoms with Crippen LogP contribution in [0.15, 0.2) is 42.5 Å². The second kappa shape index (κ2) is 4.41. The van der Waals surface area contributed by atoms with Gasteiger partial charge >= 0.3 is 0 Å². The summed E-state index contributed by atoms with van der Waals surface area (Å²) in [6.45, 7) is 2.56. The van der Waals surface area contributed by atoms with Crippen LogP contribution in [0.2, 0.25) is 0 Å². The van der Waals surface area contributed by atoms with Crippen LogP contribution in [0.5, 0.6) is 0 Å². The molecule has 0 fully saturated rings. The van der Waals surface area contributed by atoms with Gasteiger partial charge in [-0.25, -0.2) is 0 Å². The van der Waals surface area contributed by atoms with E-state index in [4.69, 9.17) is 17.0 Å². The number of thiocarbonyl (C=S) groups is 1. The monoisotopic (exact) mass is 216 g/mol. The van der Waals surface area contributed by atoms with Crippen LogP contribution >= 0.6 is 12.2 Å². The smallest absolute Gasteiger partial charge is 0.191 e. The lowest BCUT2D eigenvalue weighted by atomic mass is 10.1. The van der Waals surface area contributed by atoms with Crippen molar-refractivity contribution in [1.82, 2.24) is 0 Å². The molecule has 0 atom stereocenters. The molecule has 0 saturated carbocycles. The van der Waals surface area contributed by atoms with E-state index in [0.717, 1.165) is 10.9 Å². The SMILES string of the molecule is CCOC(=S)c1cccc2ccccc12. The molecule has 0 aliphatic heterocycles. The summed E-state index contributed by atoms with van der Waals surface area (Å²) >= 11 is 5.22. The first-order chi connectivity index (χ1) is 7.33. The highest BCUT2D eigenvalue weighted by molar-refractivity contribution is 7.80. The van der Waals surface area contributed by atoms with Gasteiger partial charge in [0, 0.05) is 5.56 Å². The van der Waals surface area contributed by atoms with E-state index in [9.17, 15) is 0 Å². The summed E-state index contributed by atoms with van der Waals surface area (Å²) in [6.07, 6.45) is 0. The first kappa shape index (κ1) is 10.1. The molecular weight excluding hydrogens is 204 g/mol. The zero-order valence-electron chi connectivity index (χ0n) is 8.57. The third-order valence-electron chi connectivity index (χ3n) is 2.28. The topological polar surface area (TPSA) is 9.23 Å². The molecule has 0 aliphatic carbocycles. The van der Waals surface area contributed by atoms with Gasteiger partial charge in [0.2, 0.25) is 0 Å². The fraction of sp³-hybridized carbons (Fsp3) is 0.154. The van der Waals surface area contributed by atoms with E-state index in [2.05, 4.69) is 18.2 Å². The van der Waals surface area contributed by atoms with Gasteiger partial charge in [-0.1, -0.05) is 36.4 Å². The maximum atomic E-state index is 5.37. The fourth-order valence-corrected chi connectivity index (χ4v) is 1.91. The van der Waals surface area contributed by atoms with Gasteiger partial charge in [-0.15, -0.1) is 0 Å². The minimum absolute atomic E-state index is 0.578. The van der Waals surface area contributed by atoms with Crippen LogP contribution in [-0.2, 0) is 4.74 Å². The quantitative estimate of drug-likeness (QED) is 0.710. The minimum atomic E-state index is 0.578. The molecule has 0 heterocycles. The Labute approximate surface area is 94.7 Å². The molecule has 76 valence electrons. The lowest BCUT2D eigenvalue weighted by Gasteiger charge is -2.08. The zero-order valence-corrected chi connectivity index (χ0v) is 9.38. The van der Waals surface area contributed by atoms with Gasteiger partial charge < -0.3 is 4.74 Å². The third kappa shape index (κ3) is 2.00. The molecule has 0 unspecified atom stereocenters. The van der Waals surface area contributed by atoms with Gasteiger partial charge in [-0.05, 0) is 36.0 Å². The number of hydrogen-bond donors (Lipinski definition) is 0. The van der Waals surface area contributed by atoms with Crippen molar-refractivity contribution < 1.29 is 4.74 Å². The van der Waals surface area contributed by atoms with Crippen LogP contribution in [0.1, 0.15) is 12.5 Å². The molecule has 0 amide bonds. The van der Waals surface area contributed by atoms with E-state index < -0.39 is 0 Å². The molecule has 0 aromatic heterocycles. The molecule has 15 heavy (non-hydrogen) atoms. The predicted molar refractivity (Wildman–Crippen MR) is 67.3 cm³/mol. The van der Waals surface area contributed by atoms with Crippen LogP contribution in [-0.4, -0.2) is 11.7 Å². The Balaban J connectivity index is 2.56. The van der Waals surface area contributed by atoms with E-state index in [0.29, 0.717) is 11.7 Å². The standard InChI is InChI=1S/C13H12OS/c1-2-14-13(15)12-9-5-7-10-6-3-4-8-11(10)12/h3-9H,2H2,1H3. The van der Waals surface area contributed by atoms with Crippen molar-refractivity contribution in [1.29, 1.82) is 0 Å². The summed E-state index contributed by atoms with van der Waals surface area (Å²) in [5, 5.41) is 2.92. The van der Waals surface area contributed by atoms with E-state index in [1.54, 1.807) is 0 Å². The maximum absolute atomic E-state index is 5.37. The average molecular weight is 216 g/mol. The highest BCUT2D eigenvalue weighted by atomic mass is 32.1. The van der Waals surface area contributed by atoms with E-state index in [1.165, 1.54) is 5.39 Å². The average Bonchev–Trinajstić information content (AvgIpc) is 2.28. The van der Waals surface area contributed by atoms with E-state index in [-0.39, 0.29) is 0 Å². The lowest BCUT2D eigenvalue weighted by Crippen LogP contribution is -2.03. The Morgan fingerprint density at radius 3 is 2.67 bits per heavy atom. The molecule has 0 radical (unpaired) electrons. The predicted octanol–water partition coefficient (Wildman–Crippen LogP) is 3.55. The molecule has 0 bridgehead atoms. The van der Waals surface area contributed by atoms with Crippen molar-refractivity contribution >= 4 is 28.0 Å². The Hall–Kier alpha value is -1.41. The summed E-state index contributed by atoms with van der Waals surface area (Å²) in [6, 6.07) is 14.3. The van der Waals surface area contributed by atoms with Crippen molar-refractivity contribution in [2.45, 2.75) is 6.92 Å². The van der Waals surface area contributed by atoms with Crippen LogP contribution in [0, 0.1) is 0 Å². The van der Waals surface area contributed by atoms with Gasteiger partial charge in [0.25, 0.3) is 0 Å². The van der Waals surface area contributed by atoms with Crippen molar-refractivity contribution in [2.24, 2.45) is 0 Å². The number of fused-ring (bicyclic) bond motifs is 1. The minimum Gasteiger partial charge on any atom is -0.483 e. The number of hydrogen-bond acceptors (Lipinski definition) is 2. The Kier molecular flexibility index (Phi) is 2.97. The molecule has 1 nitrogen and oxygen atoms in total. The molecule has 2 aromatic carbocycles. The molecule has 2 heteroatoms. The number of ether oxygens (including phenoxy) is 1. The second-order valence-electron chi connectivity index (χ2n) is 3.25. The first-order valence-electron chi connectivity index (χ1n) is 4.98. The third-order valence-corrected chi connectivity index (χ3v) is 2.62. The summed E-state index contributed by atoms with van der Waals surface area (Å²) < 4.78 is 5.37. The summed E-state index contributed by atoms with van der Waals surface area (Å²) in [5.41, 5.74) is 1.00. The van der Waals surface area contributed by atoms with Gasteiger partial charge in [0.1, 0.15) is 0 Å². The number of rotatable bonds is 2. The van der Waals surface area contributed by atoms with Crippen LogP contribution < -0.4 is 0 Å². The van der Waals surface area contributed by atoms with Gasteiger partial charge in [0.15, 0.2) is 5.05 Å². The summed E-state index contributed by atoms with van der Waals surface area (Å²) in [7, 11) is 0. The number of benzene rings is 2. The summed E-state index contributed by atoms with van der Waals surface area (Å²) in [4.78, 5) is 0. The van der Waals surface area contributed by atoms with Gasteiger partial charge in [0.05, 0.1) is 6.61 Å². The molecule has 0 N–H and O–H groups in total. The molecule has 2 aromatic rings. The maximum Gasteiger partial charge on any atom is 0.191 e. The van der Waals surface area contributed by atoms with Crippen LogP contribution in [0.3, 0.4) is 0 Å². The largest absolute Gasteiger partial charge is 0.483 e. The van der Waals surface area contributed by atoms with Crippen LogP contribution in [0.4, 0.5) is 0 Å². The normalized spacial score (nSPS) is 10.2. The molecule has 0 spiro atoms. The van der Waals surface area contributed by atoms with Crippen molar-refractivity contribution in [3.8, 4) is 0 Å². The fourth-order valence-electron chi connectivity index (χ4n) is 1.61. The van der Waals surface area contributed by atoms with E-state index in [1.807, 2.05) is 31.2 Å². The van der Waals surface area contributed by atoms with E-state index >= 15 is 0 Å². The highest BCUT2D eigenvalue weighted by Gasteiger charge is 2.05. The highest BCUT2D eigenvalue weighted by Crippen LogP contribution is 2.19. The molecule has 2 rings (SSSR count). The molecule has 0 saturated heterocycles. The van der Waals surface area contributed by atoms with Gasteiger partial charge in [-0.2, -0.15) is 0 Å². The zero-order chi connectivity index (χ0) is 10.7. The van der Waals surface area contributed by atoms with Gasteiger partial charge in [-0.3, -0.25) is 0 Å². The lowest BCUT2D eigenvalue weighted by molar-refractivity contribution is 0.338. The summed E-state index contributed by atoms with van der Waals surface area (Å²) in [5.74, 6) is 0. The molecular formula is C13H12OS. The van der Waals surface area contributed by atoms with Crippen molar-refractivity contribution in [2.75, 3.05) is 6.61 Å². The Bertz CT molecular complexity index is 485. The van der Waals surface area contributed by atoms with Crippen molar-refractivity contribution in [3.05, 3.63) is 48.0 Å². The Morgan fingerprint density at radius 2 is 1.87 bits per heavy atom. The first-order valence-corrected chi connectivity index (χ1v) is 5.38. The van der Waals surface area contributed by atoms with Crippen molar-refractivity contribution in [3.63, 3.8) is 0 Å². The second-order valence-corrected chi connectivity index (χ2v) is 3.62. The Morgan fingerprint density at radius 1 is 1.13 bits per heavy atom. The van der Waals surface area contributed by atoms with Crippen LogP contribution in [0.25, 0.3) is 10.8 Å². The molecule has 0 aliphatic rings.